The van der Waals surface area contributed by atoms with E-state index in [1.807, 2.05) is 0 Å². The van der Waals surface area contributed by atoms with Crippen LogP contribution >= 0.6 is 0 Å². The Bertz CT molecular complexity index is 543. The fraction of sp³-hybridized carbons (Fsp3) is 0.467. The third kappa shape index (κ3) is 3.32. The first kappa shape index (κ1) is 15.3. The van der Waals surface area contributed by atoms with E-state index < -0.39 is 5.97 Å². The van der Waals surface area contributed by atoms with Gasteiger partial charge in [0.25, 0.3) is 0 Å². The molecule has 2 rings (SSSR count). The number of nitrogens with zero attached hydrogens (tertiary/aromatic N) is 2. The molecule has 6 heteroatoms. The van der Waals surface area contributed by atoms with Crippen molar-refractivity contribution in [3.8, 4) is 0 Å². The van der Waals surface area contributed by atoms with Crippen LogP contribution in [-0.4, -0.2) is 47.0 Å². The van der Waals surface area contributed by atoms with E-state index in [2.05, 4.69) is 0 Å². The molecule has 1 unspecified atom stereocenters. The lowest BCUT2D eigenvalue weighted by Gasteiger charge is -2.42. The van der Waals surface area contributed by atoms with Crippen molar-refractivity contribution in [3.63, 3.8) is 0 Å². The molecule has 5 nitrogen and oxygen atoms in total. The zero-order chi connectivity index (χ0) is 15.6. The molecule has 0 radical (unpaired) electrons. The molecule has 0 aromatic heterocycles. The summed E-state index contributed by atoms with van der Waals surface area (Å²) in [5, 5.41) is 8.69. The maximum Gasteiger partial charge on any atom is 0.320 e. The predicted octanol–water partition coefficient (Wildman–Crippen LogP) is 2.35. The number of rotatable bonds is 4. The molecule has 21 heavy (non-hydrogen) atoms. The van der Waals surface area contributed by atoms with Crippen LogP contribution in [0.2, 0.25) is 0 Å². The zero-order valence-corrected chi connectivity index (χ0v) is 12.1. The van der Waals surface area contributed by atoms with Crippen molar-refractivity contribution < 1.29 is 19.1 Å². The Morgan fingerprint density at radius 2 is 2.05 bits per heavy atom. The Labute approximate surface area is 123 Å². The number of hydrogen-bond donors (Lipinski definition) is 1. The molecule has 1 aromatic rings. The molecule has 114 valence electrons. The van der Waals surface area contributed by atoms with E-state index in [0.29, 0.717) is 18.7 Å². The highest BCUT2D eigenvalue weighted by Gasteiger charge is 2.35. The fourth-order valence-corrected chi connectivity index (χ4v) is 2.51. The Hall–Kier alpha value is -2.11. The monoisotopic (exact) mass is 294 g/mol. The van der Waals surface area contributed by atoms with Crippen LogP contribution in [0.3, 0.4) is 0 Å². The average molecular weight is 294 g/mol. The second-order valence-electron chi connectivity index (χ2n) is 5.46. The molecule has 1 fully saturated rings. The van der Waals surface area contributed by atoms with E-state index in [0.717, 1.165) is 0 Å². The molecule has 0 bridgehead atoms. The van der Waals surface area contributed by atoms with Crippen LogP contribution in [0.25, 0.3) is 0 Å². The Morgan fingerprint density at radius 3 is 2.62 bits per heavy atom. The van der Waals surface area contributed by atoms with Gasteiger partial charge in [-0.05, 0) is 13.0 Å². The Kier molecular flexibility index (Phi) is 4.45. The second-order valence-corrected chi connectivity index (χ2v) is 5.46. The number of halogens is 1. The van der Waals surface area contributed by atoms with Crippen LogP contribution in [0, 0.1) is 11.7 Å². The van der Waals surface area contributed by atoms with Crippen molar-refractivity contribution >= 4 is 12.0 Å². The lowest BCUT2D eigenvalue weighted by Crippen LogP contribution is -2.54. The summed E-state index contributed by atoms with van der Waals surface area (Å²) in [5.41, 5.74) is 0.468. The van der Waals surface area contributed by atoms with Crippen LogP contribution in [0.1, 0.15) is 24.9 Å². The van der Waals surface area contributed by atoms with Gasteiger partial charge < -0.3 is 14.9 Å². The highest BCUT2D eigenvalue weighted by molar-refractivity contribution is 5.76. The van der Waals surface area contributed by atoms with Crippen molar-refractivity contribution in [3.05, 3.63) is 35.6 Å². The minimum atomic E-state index is -0.847. The van der Waals surface area contributed by atoms with Crippen molar-refractivity contribution in [2.75, 3.05) is 20.1 Å². The summed E-state index contributed by atoms with van der Waals surface area (Å²) in [6.07, 6.45) is 0.0797. The maximum atomic E-state index is 13.7. The van der Waals surface area contributed by atoms with Gasteiger partial charge in [0.05, 0.1) is 12.5 Å². The van der Waals surface area contributed by atoms with E-state index in [4.69, 9.17) is 5.11 Å². The van der Waals surface area contributed by atoms with Crippen molar-refractivity contribution in [1.29, 1.82) is 0 Å². The minimum Gasteiger partial charge on any atom is -0.481 e. The standard InChI is InChI=1S/C15H19FN2O3/c1-10(12-5-3-4-6-13(12)16)17(2)15(21)18-8-11(9-18)7-14(19)20/h3-6,10-11H,7-9H2,1-2H3,(H,19,20). The van der Waals surface area contributed by atoms with Crippen molar-refractivity contribution in [2.24, 2.45) is 5.92 Å². The van der Waals surface area contributed by atoms with E-state index in [-0.39, 0.29) is 30.2 Å². The SMILES string of the molecule is CC(c1ccccc1F)N(C)C(=O)N1CC(CC(=O)O)C1. The first-order chi connectivity index (χ1) is 9.90. The van der Waals surface area contributed by atoms with Crippen LogP contribution in [0.15, 0.2) is 24.3 Å². The number of carboxylic acids is 1. The molecule has 2 amide bonds. The summed E-state index contributed by atoms with van der Waals surface area (Å²) in [4.78, 5) is 25.9. The van der Waals surface area contributed by atoms with Gasteiger partial charge in [-0.3, -0.25) is 4.79 Å². The fourth-order valence-electron chi connectivity index (χ4n) is 2.51. The number of hydrogen-bond acceptors (Lipinski definition) is 2. The van der Waals surface area contributed by atoms with Gasteiger partial charge in [-0.1, -0.05) is 18.2 Å². The number of aliphatic carboxylic acids is 1. The third-order valence-electron chi connectivity index (χ3n) is 3.93. The van der Waals surface area contributed by atoms with Gasteiger partial charge in [-0.25, -0.2) is 9.18 Å². The zero-order valence-electron chi connectivity index (χ0n) is 12.1. The molecule has 1 heterocycles. The molecule has 1 aromatic carbocycles. The van der Waals surface area contributed by atoms with Gasteiger partial charge in [0, 0.05) is 31.6 Å². The summed E-state index contributed by atoms with van der Waals surface area (Å²) in [6, 6.07) is 5.80. The van der Waals surface area contributed by atoms with Crippen LogP contribution in [0.4, 0.5) is 9.18 Å². The van der Waals surface area contributed by atoms with Gasteiger partial charge in [0.2, 0.25) is 0 Å². The summed E-state index contributed by atoms with van der Waals surface area (Å²) in [6.45, 7) is 2.66. The van der Waals surface area contributed by atoms with Gasteiger partial charge in [0.1, 0.15) is 5.82 Å². The molecule has 0 saturated carbocycles. The van der Waals surface area contributed by atoms with Crippen LogP contribution in [-0.2, 0) is 4.79 Å². The quantitative estimate of drug-likeness (QED) is 0.927. The Balaban J connectivity index is 1.95. The molecule has 1 N–H and O–H groups in total. The number of urea groups is 1. The van der Waals surface area contributed by atoms with Gasteiger partial charge in [-0.2, -0.15) is 0 Å². The Morgan fingerprint density at radius 1 is 1.43 bits per heavy atom. The van der Waals surface area contributed by atoms with E-state index in [1.54, 1.807) is 37.1 Å². The maximum absolute atomic E-state index is 13.7. The first-order valence-corrected chi connectivity index (χ1v) is 6.88. The van der Waals surface area contributed by atoms with Crippen molar-refractivity contribution in [1.82, 2.24) is 9.80 Å². The van der Waals surface area contributed by atoms with Gasteiger partial charge in [0.15, 0.2) is 0 Å². The third-order valence-corrected chi connectivity index (χ3v) is 3.93. The number of likely N-dealkylation sites (tertiary alicyclic amines) is 1. The summed E-state index contributed by atoms with van der Waals surface area (Å²) < 4.78 is 13.7. The van der Waals surface area contributed by atoms with Crippen molar-refractivity contribution in [2.45, 2.75) is 19.4 Å². The topological polar surface area (TPSA) is 60.9 Å². The molecule has 0 aliphatic carbocycles. The number of carbonyl (C=O) groups excluding carboxylic acids is 1. The molecule has 1 atom stereocenters. The van der Waals surface area contributed by atoms with Gasteiger partial charge >= 0.3 is 12.0 Å². The first-order valence-electron chi connectivity index (χ1n) is 6.88. The molecule has 1 aliphatic rings. The molecule has 1 aliphatic heterocycles. The molecular weight excluding hydrogens is 275 g/mol. The lowest BCUT2D eigenvalue weighted by molar-refractivity contribution is -0.139. The highest BCUT2D eigenvalue weighted by atomic mass is 19.1. The summed E-state index contributed by atoms with van der Waals surface area (Å²) >= 11 is 0. The smallest absolute Gasteiger partial charge is 0.320 e. The highest BCUT2D eigenvalue weighted by Crippen LogP contribution is 2.26. The summed E-state index contributed by atoms with van der Waals surface area (Å²) in [7, 11) is 1.63. The number of carbonyl (C=O) groups is 2. The van der Waals surface area contributed by atoms with Gasteiger partial charge in [-0.15, -0.1) is 0 Å². The normalized spacial score (nSPS) is 16.2. The van der Waals surface area contributed by atoms with E-state index >= 15 is 0 Å². The number of carboxylic acid groups (broad SMARTS) is 1. The number of amides is 2. The van der Waals surface area contributed by atoms with E-state index in [9.17, 15) is 14.0 Å². The number of benzene rings is 1. The summed E-state index contributed by atoms with van der Waals surface area (Å²) in [5.74, 6) is -1.17. The van der Waals surface area contributed by atoms with E-state index in [1.165, 1.54) is 11.0 Å². The van der Waals surface area contributed by atoms with Crippen LogP contribution in [0.5, 0.6) is 0 Å². The predicted molar refractivity (Wildman–Crippen MR) is 75.3 cm³/mol. The molecular formula is C15H19FN2O3. The lowest BCUT2D eigenvalue weighted by atomic mass is 9.97. The second kappa shape index (κ2) is 6.11. The molecule has 0 spiro atoms. The minimum absolute atomic E-state index is 0.0172. The largest absolute Gasteiger partial charge is 0.481 e. The molecule has 1 saturated heterocycles. The van der Waals surface area contributed by atoms with Crippen LogP contribution < -0.4 is 0 Å². The average Bonchev–Trinajstić information content (AvgIpc) is 2.40.